The SMILES string of the molecule is COC(=O)CCC(NS(=O)(=O)c1cccc(Br)c1)C(=O)O. The Hall–Kier alpha value is -1.45. The summed E-state index contributed by atoms with van der Waals surface area (Å²) in [5, 5.41) is 9.04. The molecule has 0 fully saturated rings. The van der Waals surface area contributed by atoms with E-state index in [2.05, 4.69) is 25.4 Å². The van der Waals surface area contributed by atoms with Crippen LogP contribution >= 0.6 is 15.9 Å². The summed E-state index contributed by atoms with van der Waals surface area (Å²) in [5.41, 5.74) is 0. The van der Waals surface area contributed by atoms with E-state index in [1.165, 1.54) is 25.3 Å². The maximum absolute atomic E-state index is 12.1. The van der Waals surface area contributed by atoms with E-state index in [1.807, 2.05) is 0 Å². The Labute approximate surface area is 130 Å². The van der Waals surface area contributed by atoms with Gasteiger partial charge < -0.3 is 9.84 Å². The molecule has 1 unspecified atom stereocenters. The van der Waals surface area contributed by atoms with Crippen LogP contribution in [0.15, 0.2) is 33.6 Å². The number of sulfonamides is 1. The number of nitrogens with one attached hydrogen (secondary N) is 1. The third kappa shape index (κ3) is 5.44. The maximum Gasteiger partial charge on any atom is 0.321 e. The molecule has 0 amide bonds. The molecule has 21 heavy (non-hydrogen) atoms. The number of ether oxygens (including phenoxy) is 1. The second-order valence-electron chi connectivity index (χ2n) is 4.08. The third-order valence-corrected chi connectivity index (χ3v) is 4.53. The van der Waals surface area contributed by atoms with E-state index in [0.717, 1.165) is 0 Å². The number of methoxy groups -OCH3 is 1. The van der Waals surface area contributed by atoms with Crippen molar-refractivity contribution in [2.24, 2.45) is 0 Å². The topological polar surface area (TPSA) is 110 Å². The Kier molecular flexibility index (Phi) is 6.31. The molecular weight excluding hydrogens is 366 g/mol. The number of esters is 1. The lowest BCUT2D eigenvalue weighted by molar-refractivity contribution is -0.142. The van der Waals surface area contributed by atoms with Gasteiger partial charge in [0.2, 0.25) is 10.0 Å². The molecule has 0 spiro atoms. The van der Waals surface area contributed by atoms with Crippen LogP contribution < -0.4 is 4.72 Å². The van der Waals surface area contributed by atoms with Crippen molar-refractivity contribution in [1.82, 2.24) is 4.72 Å². The third-order valence-electron chi connectivity index (χ3n) is 2.57. The fourth-order valence-electron chi connectivity index (χ4n) is 1.49. The van der Waals surface area contributed by atoms with Gasteiger partial charge in [0.05, 0.1) is 12.0 Å². The molecule has 0 saturated heterocycles. The molecule has 0 heterocycles. The standard InChI is InChI=1S/C12H14BrNO6S/c1-20-11(15)6-5-10(12(16)17)14-21(18,19)9-4-2-3-8(13)7-9/h2-4,7,10,14H,5-6H2,1H3,(H,16,17). The normalized spacial score (nSPS) is 12.7. The lowest BCUT2D eigenvalue weighted by Crippen LogP contribution is -2.41. The highest BCUT2D eigenvalue weighted by molar-refractivity contribution is 9.10. The van der Waals surface area contributed by atoms with E-state index in [9.17, 15) is 18.0 Å². The minimum Gasteiger partial charge on any atom is -0.480 e. The largest absolute Gasteiger partial charge is 0.480 e. The number of carbonyl (C=O) groups excluding carboxylic acids is 1. The number of carboxylic acid groups (broad SMARTS) is 1. The molecule has 1 aromatic carbocycles. The van der Waals surface area contributed by atoms with E-state index in [1.54, 1.807) is 6.07 Å². The van der Waals surface area contributed by atoms with Crippen molar-refractivity contribution in [1.29, 1.82) is 0 Å². The summed E-state index contributed by atoms with van der Waals surface area (Å²) in [7, 11) is -2.82. The first-order valence-corrected chi connectivity index (χ1v) is 8.11. The van der Waals surface area contributed by atoms with Crippen LogP contribution in [0.3, 0.4) is 0 Å². The lowest BCUT2D eigenvalue weighted by atomic mass is 10.2. The summed E-state index contributed by atoms with van der Waals surface area (Å²) in [6.07, 6.45) is -0.399. The van der Waals surface area contributed by atoms with Gasteiger partial charge in [0, 0.05) is 10.9 Å². The second kappa shape index (κ2) is 7.53. The van der Waals surface area contributed by atoms with Gasteiger partial charge >= 0.3 is 11.9 Å². The number of benzene rings is 1. The zero-order valence-electron chi connectivity index (χ0n) is 11.1. The molecule has 116 valence electrons. The van der Waals surface area contributed by atoms with Crippen molar-refractivity contribution in [3.8, 4) is 0 Å². The molecule has 9 heteroatoms. The first-order valence-electron chi connectivity index (χ1n) is 5.84. The molecule has 7 nitrogen and oxygen atoms in total. The van der Waals surface area contributed by atoms with Crippen molar-refractivity contribution < 1.29 is 27.9 Å². The van der Waals surface area contributed by atoms with Gasteiger partial charge in [-0.15, -0.1) is 0 Å². The Morgan fingerprint density at radius 2 is 2.10 bits per heavy atom. The van der Waals surface area contributed by atoms with Crippen molar-refractivity contribution in [2.75, 3.05) is 7.11 Å². The van der Waals surface area contributed by atoms with Gasteiger partial charge in [-0.3, -0.25) is 9.59 Å². The van der Waals surface area contributed by atoms with E-state index in [4.69, 9.17) is 5.11 Å². The van der Waals surface area contributed by atoms with Crippen LogP contribution in [-0.4, -0.2) is 38.6 Å². The van der Waals surface area contributed by atoms with E-state index in [0.29, 0.717) is 4.47 Å². The number of carboxylic acids is 1. The fraction of sp³-hybridized carbons (Fsp3) is 0.333. The molecule has 0 radical (unpaired) electrons. The summed E-state index contributed by atoms with van der Waals surface area (Å²) in [4.78, 5) is 22.0. The Balaban J connectivity index is 2.87. The zero-order chi connectivity index (χ0) is 16.0. The zero-order valence-corrected chi connectivity index (χ0v) is 13.5. The average Bonchev–Trinajstić information content (AvgIpc) is 2.42. The van der Waals surface area contributed by atoms with Gasteiger partial charge in [-0.25, -0.2) is 8.42 Å². The lowest BCUT2D eigenvalue weighted by Gasteiger charge is -2.14. The average molecular weight is 380 g/mol. The van der Waals surface area contributed by atoms with Crippen LogP contribution in [0.4, 0.5) is 0 Å². The maximum atomic E-state index is 12.1. The number of halogens is 1. The van der Waals surface area contributed by atoms with Crippen molar-refractivity contribution >= 4 is 37.9 Å². The summed E-state index contributed by atoms with van der Waals surface area (Å²) >= 11 is 3.14. The predicted octanol–water partition coefficient (Wildman–Crippen LogP) is 1.13. The summed E-state index contributed by atoms with van der Waals surface area (Å²) in [6, 6.07) is 4.44. The molecule has 0 bridgehead atoms. The minimum atomic E-state index is -3.99. The molecular formula is C12H14BrNO6S. The van der Waals surface area contributed by atoms with Crippen molar-refractivity contribution in [3.05, 3.63) is 28.7 Å². The molecule has 1 aromatic rings. The molecule has 2 N–H and O–H groups in total. The molecule has 1 atom stereocenters. The van der Waals surface area contributed by atoms with Crippen LogP contribution in [0.2, 0.25) is 0 Å². The molecule has 1 rings (SSSR count). The van der Waals surface area contributed by atoms with Gasteiger partial charge in [-0.2, -0.15) is 4.72 Å². The quantitative estimate of drug-likeness (QED) is 0.687. The highest BCUT2D eigenvalue weighted by Gasteiger charge is 2.26. The monoisotopic (exact) mass is 379 g/mol. The Morgan fingerprint density at radius 1 is 1.43 bits per heavy atom. The number of carbonyl (C=O) groups is 2. The van der Waals surface area contributed by atoms with Crippen LogP contribution in [-0.2, 0) is 24.3 Å². The van der Waals surface area contributed by atoms with E-state index >= 15 is 0 Å². The number of rotatable bonds is 7. The van der Waals surface area contributed by atoms with Gasteiger partial charge in [0.25, 0.3) is 0 Å². The molecule has 0 aromatic heterocycles. The van der Waals surface area contributed by atoms with E-state index in [-0.39, 0.29) is 17.7 Å². The fourth-order valence-corrected chi connectivity index (χ4v) is 3.31. The van der Waals surface area contributed by atoms with Gasteiger partial charge in [-0.1, -0.05) is 22.0 Å². The number of hydrogen-bond donors (Lipinski definition) is 2. The second-order valence-corrected chi connectivity index (χ2v) is 6.71. The number of hydrogen-bond acceptors (Lipinski definition) is 5. The van der Waals surface area contributed by atoms with Gasteiger partial charge in [0.15, 0.2) is 0 Å². The first-order chi connectivity index (χ1) is 9.76. The molecule has 0 aliphatic carbocycles. The van der Waals surface area contributed by atoms with Gasteiger partial charge in [0.1, 0.15) is 6.04 Å². The molecule has 0 aliphatic heterocycles. The molecule has 0 saturated carbocycles. The van der Waals surface area contributed by atoms with Crippen LogP contribution in [0.25, 0.3) is 0 Å². The summed E-state index contributed by atoms with van der Waals surface area (Å²) < 4.78 is 31.2. The van der Waals surface area contributed by atoms with E-state index < -0.39 is 28.0 Å². The highest BCUT2D eigenvalue weighted by Crippen LogP contribution is 2.16. The first kappa shape index (κ1) is 17.6. The smallest absolute Gasteiger partial charge is 0.321 e. The predicted molar refractivity (Wildman–Crippen MR) is 77.1 cm³/mol. The minimum absolute atomic E-state index is 0.0683. The molecule has 0 aliphatic rings. The van der Waals surface area contributed by atoms with Crippen LogP contribution in [0.5, 0.6) is 0 Å². The summed E-state index contributed by atoms with van der Waals surface area (Å²) in [6.45, 7) is 0. The van der Waals surface area contributed by atoms with Crippen LogP contribution in [0, 0.1) is 0 Å². The summed E-state index contributed by atoms with van der Waals surface area (Å²) in [5.74, 6) is -1.97. The van der Waals surface area contributed by atoms with Crippen molar-refractivity contribution in [2.45, 2.75) is 23.8 Å². The Morgan fingerprint density at radius 3 is 2.62 bits per heavy atom. The number of aliphatic carboxylic acids is 1. The van der Waals surface area contributed by atoms with Gasteiger partial charge in [-0.05, 0) is 24.6 Å². The van der Waals surface area contributed by atoms with Crippen LogP contribution in [0.1, 0.15) is 12.8 Å². The van der Waals surface area contributed by atoms with Crippen molar-refractivity contribution in [3.63, 3.8) is 0 Å². The Bertz CT molecular complexity index is 630. The highest BCUT2D eigenvalue weighted by atomic mass is 79.9.